The summed E-state index contributed by atoms with van der Waals surface area (Å²) in [5.74, 6) is 0. The molecule has 0 amide bonds. The van der Waals surface area contributed by atoms with Crippen LogP contribution in [0.3, 0.4) is 0 Å². The average Bonchev–Trinajstić information content (AvgIpc) is 1.69. The largest absolute Gasteiger partial charge is 0.303 e. The molecule has 1 heteroatoms. The maximum Gasteiger partial charge on any atom is 0.119 e. The zero-order valence-electron chi connectivity index (χ0n) is 4.98. The fourth-order valence-corrected chi connectivity index (χ4v) is 0. The molecule has 0 saturated carbocycles. The first-order valence-corrected chi connectivity index (χ1v) is 2.34. The molecule has 0 atom stereocenters. The molecular weight excluding hydrogens is 88.1 g/mol. The van der Waals surface area contributed by atoms with Crippen molar-refractivity contribution in [1.29, 1.82) is 0 Å². The maximum atomic E-state index is 9.17. The maximum absolute atomic E-state index is 9.17. The summed E-state index contributed by atoms with van der Waals surface area (Å²) in [7, 11) is 0. The number of carbonyl (C=O) groups is 1. The molecule has 0 spiro atoms. The highest BCUT2D eigenvalue weighted by Crippen LogP contribution is 1.53. The van der Waals surface area contributed by atoms with E-state index >= 15 is 0 Å². The second-order valence-electron chi connectivity index (χ2n) is 0.983. The van der Waals surface area contributed by atoms with E-state index in [-0.39, 0.29) is 0 Å². The molecule has 7 heavy (non-hydrogen) atoms. The minimum Gasteiger partial charge on any atom is -0.303 e. The number of aldehydes is 1. The Hall–Kier alpha value is -0.590. The van der Waals surface area contributed by atoms with Gasteiger partial charge >= 0.3 is 0 Å². The Morgan fingerprint density at radius 3 is 1.86 bits per heavy atom. The Bertz CT molecular complexity index is 39.4. The standard InChI is InChI=1S/C3H6O.C3H6/c1-2-3-4;1-3-2/h3H,2H2,1H3;3H,1H2,2H3. The zero-order chi connectivity index (χ0) is 6.12. The van der Waals surface area contributed by atoms with Crippen LogP contribution in [0.15, 0.2) is 12.7 Å². The van der Waals surface area contributed by atoms with Gasteiger partial charge in [0.15, 0.2) is 0 Å². The summed E-state index contributed by atoms with van der Waals surface area (Å²) in [5, 5.41) is 0. The summed E-state index contributed by atoms with van der Waals surface area (Å²) < 4.78 is 0. The van der Waals surface area contributed by atoms with Crippen LogP contribution in [-0.2, 0) is 4.79 Å². The van der Waals surface area contributed by atoms with Crippen LogP contribution in [-0.4, -0.2) is 6.29 Å². The molecule has 1 nitrogen and oxygen atoms in total. The first-order valence-electron chi connectivity index (χ1n) is 2.34. The molecule has 0 aromatic carbocycles. The summed E-state index contributed by atoms with van der Waals surface area (Å²) in [6, 6.07) is 0. The van der Waals surface area contributed by atoms with Crippen LogP contribution in [0.5, 0.6) is 0 Å². The van der Waals surface area contributed by atoms with Gasteiger partial charge in [-0.2, -0.15) is 0 Å². The normalized spacial score (nSPS) is 5.43. The Labute approximate surface area is 45.0 Å². The van der Waals surface area contributed by atoms with Crippen molar-refractivity contribution in [2.45, 2.75) is 20.3 Å². The third kappa shape index (κ3) is 374. The number of rotatable bonds is 1. The number of allylic oxidation sites excluding steroid dienone is 1. The van der Waals surface area contributed by atoms with Crippen LogP contribution in [0, 0.1) is 0 Å². The van der Waals surface area contributed by atoms with Crippen molar-refractivity contribution in [2.75, 3.05) is 0 Å². The van der Waals surface area contributed by atoms with Crippen molar-refractivity contribution in [3.05, 3.63) is 12.7 Å². The smallest absolute Gasteiger partial charge is 0.119 e. The first-order chi connectivity index (χ1) is 3.33. The lowest BCUT2D eigenvalue weighted by molar-refractivity contribution is -0.107. The minimum absolute atomic E-state index is 0.639. The first kappa shape index (κ1) is 9.65. The van der Waals surface area contributed by atoms with Crippen molar-refractivity contribution < 1.29 is 4.79 Å². The van der Waals surface area contributed by atoms with Crippen molar-refractivity contribution >= 4 is 6.29 Å². The molecular formula is C6H12O. The van der Waals surface area contributed by atoms with Gasteiger partial charge in [0.2, 0.25) is 0 Å². The van der Waals surface area contributed by atoms with Crippen LogP contribution >= 0.6 is 0 Å². The summed E-state index contributed by atoms with van der Waals surface area (Å²) in [6.07, 6.45) is 3.26. The van der Waals surface area contributed by atoms with Gasteiger partial charge < -0.3 is 4.79 Å². The lowest BCUT2D eigenvalue weighted by Gasteiger charge is -1.51. The van der Waals surface area contributed by atoms with E-state index in [9.17, 15) is 4.79 Å². The summed E-state index contributed by atoms with van der Waals surface area (Å²) in [4.78, 5) is 9.17. The number of hydrogen-bond donors (Lipinski definition) is 0. The minimum atomic E-state index is 0.639. The zero-order valence-corrected chi connectivity index (χ0v) is 4.98. The molecule has 0 aliphatic heterocycles. The van der Waals surface area contributed by atoms with E-state index in [2.05, 4.69) is 6.58 Å². The Morgan fingerprint density at radius 2 is 1.86 bits per heavy atom. The predicted molar refractivity (Wildman–Crippen MR) is 32.2 cm³/mol. The van der Waals surface area contributed by atoms with Crippen LogP contribution in [0.2, 0.25) is 0 Å². The summed E-state index contributed by atoms with van der Waals surface area (Å²) in [6.45, 7) is 7.06. The van der Waals surface area contributed by atoms with Gasteiger partial charge in [-0.15, -0.1) is 6.58 Å². The van der Waals surface area contributed by atoms with E-state index in [0.717, 1.165) is 6.29 Å². The van der Waals surface area contributed by atoms with E-state index in [1.165, 1.54) is 0 Å². The lowest BCUT2D eigenvalue weighted by Crippen LogP contribution is -1.55. The molecule has 0 rings (SSSR count). The molecule has 42 valence electrons. The molecule has 0 unspecified atom stereocenters. The van der Waals surface area contributed by atoms with Gasteiger partial charge in [-0.05, 0) is 6.92 Å². The average molecular weight is 100 g/mol. The van der Waals surface area contributed by atoms with E-state index in [4.69, 9.17) is 0 Å². The highest BCUT2D eigenvalue weighted by Gasteiger charge is 1.52. The second-order valence-corrected chi connectivity index (χ2v) is 0.983. The van der Waals surface area contributed by atoms with E-state index in [1.807, 2.05) is 13.8 Å². The molecule has 0 aromatic heterocycles. The number of carbonyl (C=O) groups excluding carboxylic acids is 1. The van der Waals surface area contributed by atoms with E-state index in [1.54, 1.807) is 6.08 Å². The molecule has 0 N–H and O–H groups in total. The monoisotopic (exact) mass is 100 g/mol. The van der Waals surface area contributed by atoms with Gasteiger partial charge in [0.1, 0.15) is 6.29 Å². The van der Waals surface area contributed by atoms with Crippen LogP contribution in [0.1, 0.15) is 20.3 Å². The fourth-order valence-electron chi connectivity index (χ4n) is 0. The van der Waals surface area contributed by atoms with Crippen molar-refractivity contribution in [3.63, 3.8) is 0 Å². The predicted octanol–water partition coefficient (Wildman–Crippen LogP) is 1.79. The highest BCUT2D eigenvalue weighted by atomic mass is 16.1. The summed E-state index contributed by atoms with van der Waals surface area (Å²) in [5.41, 5.74) is 0. The number of hydrogen-bond acceptors (Lipinski definition) is 1. The Morgan fingerprint density at radius 1 is 1.71 bits per heavy atom. The van der Waals surface area contributed by atoms with E-state index < -0.39 is 0 Å². The fraction of sp³-hybridized carbons (Fsp3) is 0.500. The highest BCUT2D eigenvalue weighted by molar-refractivity contribution is 5.48. The van der Waals surface area contributed by atoms with Gasteiger partial charge in [-0.25, -0.2) is 0 Å². The van der Waals surface area contributed by atoms with Gasteiger partial charge in [0.05, 0.1) is 0 Å². The quantitative estimate of drug-likeness (QED) is 0.362. The molecule has 0 fully saturated rings. The third-order valence-electron chi connectivity index (χ3n) is 0.167. The van der Waals surface area contributed by atoms with Gasteiger partial charge in [-0.1, -0.05) is 13.0 Å². The van der Waals surface area contributed by atoms with Crippen LogP contribution < -0.4 is 0 Å². The summed E-state index contributed by atoms with van der Waals surface area (Å²) >= 11 is 0. The SMILES string of the molecule is C=CC.CCC=O. The van der Waals surface area contributed by atoms with Crippen molar-refractivity contribution in [3.8, 4) is 0 Å². The molecule has 0 saturated heterocycles. The van der Waals surface area contributed by atoms with Crippen LogP contribution in [0.4, 0.5) is 0 Å². The van der Waals surface area contributed by atoms with E-state index in [0.29, 0.717) is 6.42 Å². The second kappa shape index (κ2) is 18.1. The third-order valence-corrected chi connectivity index (χ3v) is 0.167. The Balaban J connectivity index is 0. The van der Waals surface area contributed by atoms with Crippen LogP contribution in [0.25, 0.3) is 0 Å². The Kier molecular flexibility index (Phi) is 25.0. The molecule has 0 bridgehead atoms. The van der Waals surface area contributed by atoms with Crippen molar-refractivity contribution in [2.24, 2.45) is 0 Å². The van der Waals surface area contributed by atoms with Gasteiger partial charge in [-0.3, -0.25) is 0 Å². The molecule has 0 aliphatic carbocycles. The molecule has 0 heterocycles. The molecule has 0 aliphatic rings. The molecule has 0 radical (unpaired) electrons. The van der Waals surface area contributed by atoms with Crippen molar-refractivity contribution in [1.82, 2.24) is 0 Å². The topological polar surface area (TPSA) is 17.1 Å². The van der Waals surface area contributed by atoms with Gasteiger partial charge in [0, 0.05) is 6.42 Å². The lowest BCUT2D eigenvalue weighted by atomic mass is 10.6. The molecule has 0 aromatic rings. The van der Waals surface area contributed by atoms with Gasteiger partial charge in [0.25, 0.3) is 0 Å².